The molecule has 0 radical (unpaired) electrons. The average molecular weight is 473 g/mol. The van der Waals surface area contributed by atoms with Crippen molar-refractivity contribution < 1.29 is 19.1 Å². The van der Waals surface area contributed by atoms with Crippen molar-refractivity contribution in [3.8, 4) is 0 Å². The van der Waals surface area contributed by atoms with Gasteiger partial charge < -0.3 is 9.94 Å². The number of benzene rings is 3. The second kappa shape index (κ2) is 9.35. The predicted molar refractivity (Wildman–Crippen MR) is 121 cm³/mol. The number of nitrogens with one attached hydrogen (secondary N) is 2. The molecule has 0 spiro atoms. The Hall–Kier alpha value is -3.46. The molecular formula is C22H15Cl2FN4O3. The maximum absolute atomic E-state index is 14.5. The number of anilines is 1. The van der Waals surface area contributed by atoms with E-state index in [1.807, 2.05) is 0 Å². The van der Waals surface area contributed by atoms with Crippen molar-refractivity contribution in [3.63, 3.8) is 0 Å². The standard InChI is InChI=1S/C22H15Cl2FN4O3/c23-12-4-3-5-14(10-12)26-22(31)32-29-20-21(30)28-19(15-6-1-2-7-17(15)25)16-11-13(24)8-9-18(16)27-20/h1-11,21,30H,(H,26,31)(H,27,29). The fourth-order valence-corrected chi connectivity index (χ4v) is 3.35. The van der Waals surface area contributed by atoms with Gasteiger partial charge in [-0.3, -0.25) is 5.32 Å². The number of fused-ring (bicyclic) bond motifs is 1. The number of aliphatic imine (C=N–C) groups is 2. The van der Waals surface area contributed by atoms with Crippen LogP contribution in [-0.4, -0.2) is 29.0 Å². The van der Waals surface area contributed by atoms with Crippen molar-refractivity contribution in [1.82, 2.24) is 5.48 Å². The van der Waals surface area contributed by atoms with Gasteiger partial charge in [0, 0.05) is 26.9 Å². The second-order valence-corrected chi connectivity index (χ2v) is 7.49. The van der Waals surface area contributed by atoms with Crippen molar-refractivity contribution in [2.45, 2.75) is 6.23 Å². The van der Waals surface area contributed by atoms with Gasteiger partial charge >= 0.3 is 6.09 Å². The van der Waals surface area contributed by atoms with Crippen molar-refractivity contribution >= 4 is 52.2 Å². The van der Waals surface area contributed by atoms with Gasteiger partial charge in [-0.15, -0.1) is 0 Å². The smallest absolute Gasteiger partial charge is 0.365 e. The number of aliphatic hydroxyl groups excluding tert-OH is 1. The van der Waals surface area contributed by atoms with Gasteiger partial charge in [0.05, 0.1) is 11.4 Å². The highest BCUT2D eigenvalue weighted by Gasteiger charge is 2.24. The van der Waals surface area contributed by atoms with E-state index in [-0.39, 0.29) is 17.1 Å². The molecule has 1 amide bonds. The highest BCUT2D eigenvalue weighted by molar-refractivity contribution is 6.32. The largest absolute Gasteiger partial charge is 0.435 e. The number of amidine groups is 1. The molecular weight excluding hydrogens is 458 g/mol. The monoisotopic (exact) mass is 472 g/mol. The Morgan fingerprint density at radius 3 is 2.56 bits per heavy atom. The van der Waals surface area contributed by atoms with E-state index in [1.54, 1.807) is 48.5 Å². The van der Waals surface area contributed by atoms with Crippen LogP contribution in [0.15, 0.2) is 76.7 Å². The molecule has 32 heavy (non-hydrogen) atoms. The number of hydrogen-bond donors (Lipinski definition) is 3. The van der Waals surface area contributed by atoms with E-state index in [9.17, 15) is 14.3 Å². The van der Waals surface area contributed by atoms with E-state index in [0.717, 1.165) is 0 Å². The van der Waals surface area contributed by atoms with Crippen LogP contribution in [0.1, 0.15) is 11.1 Å². The van der Waals surface area contributed by atoms with Gasteiger partial charge in [0.2, 0.25) is 6.23 Å². The summed E-state index contributed by atoms with van der Waals surface area (Å²) in [6.45, 7) is 0. The number of rotatable bonds is 2. The molecule has 0 aliphatic carbocycles. The lowest BCUT2D eigenvalue weighted by molar-refractivity contribution is 0.126. The van der Waals surface area contributed by atoms with Gasteiger partial charge in [0.25, 0.3) is 0 Å². The number of aliphatic hydroxyl groups is 1. The molecule has 0 saturated carbocycles. The molecule has 1 heterocycles. The molecule has 4 rings (SSSR count). The Kier molecular flexibility index (Phi) is 6.36. The molecule has 1 aliphatic rings. The molecule has 0 saturated heterocycles. The Morgan fingerprint density at radius 1 is 1.00 bits per heavy atom. The SMILES string of the molecule is O=C(Nc1cccc(Cl)c1)ONC1=Nc2ccc(Cl)cc2C(c2ccccc2F)=NC1O. The van der Waals surface area contributed by atoms with Crippen LogP contribution in [0.25, 0.3) is 0 Å². The van der Waals surface area contributed by atoms with Crippen LogP contribution < -0.4 is 10.8 Å². The van der Waals surface area contributed by atoms with Crippen molar-refractivity contribution in [3.05, 3.63) is 93.7 Å². The molecule has 7 nitrogen and oxygen atoms in total. The highest BCUT2D eigenvalue weighted by atomic mass is 35.5. The molecule has 1 unspecified atom stereocenters. The Labute approximate surface area is 192 Å². The molecule has 1 atom stereocenters. The summed E-state index contributed by atoms with van der Waals surface area (Å²) >= 11 is 12.0. The van der Waals surface area contributed by atoms with E-state index < -0.39 is 18.1 Å². The van der Waals surface area contributed by atoms with Crippen molar-refractivity contribution in [2.75, 3.05) is 5.32 Å². The predicted octanol–water partition coefficient (Wildman–Crippen LogP) is 5.09. The van der Waals surface area contributed by atoms with Crippen molar-refractivity contribution in [1.29, 1.82) is 0 Å². The Morgan fingerprint density at radius 2 is 1.78 bits per heavy atom. The van der Waals surface area contributed by atoms with E-state index in [0.29, 0.717) is 27.0 Å². The summed E-state index contributed by atoms with van der Waals surface area (Å²) in [4.78, 5) is 25.5. The molecule has 10 heteroatoms. The van der Waals surface area contributed by atoms with E-state index in [2.05, 4.69) is 20.8 Å². The van der Waals surface area contributed by atoms with E-state index in [4.69, 9.17) is 28.0 Å². The molecule has 0 aromatic heterocycles. The number of hydroxylamine groups is 1. The first-order valence-corrected chi connectivity index (χ1v) is 10.0. The molecule has 0 fully saturated rings. The minimum atomic E-state index is -1.57. The summed E-state index contributed by atoms with van der Waals surface area (Å²) in [7, 11) is 0. The third kappa shape index (κ3) is 4.88. The maximum Gasteiger partial charge on any atom is 0.435 e. The summed E-state index contributed by atoms with van der Waals surface area (Å²) in [5.74, 6) is -0.709. The number of nitrogens with zero attached hydrogens (tertiary/aromatic N) is 2. The fourth-order valence-electron chi connectivity index (χ4n) is 2.99. The molecule has 162 valence electrons. The zero-order chi connectivity index (χ0) is 22.7. The van der Waals surface area contributed by atoms with Crippen LogP contribution >= 0.6 is 23.2 Å². The van der Waals surface area contributed by atoms with Gasteiger partial charge in [-0.25, -0.2) is 19.2 Å². The van der Waals surface area contributed by atoms with Gasteiger partial charge in [-0.2, -0.15) is 5.48 Å². The third-order valence-electron chi connectivity index (χ3n) is 4.40. The zero-order valence-electron chi connectivity index (χ0n) is 16.2. The second-order valence-electron chi connectivity index (χ2n) is 6.62. The topological polar surface area (TPSA) is 95.3 Å². The molecule has 3 aromatic rings. The van der Waals surface area contributed by atoms with Gasteiger partial charge in [-0.1, -0.05) is 41.4 Å². The summed E-state index contributed by atoms with van der Waals surface area (Å²) in [5, 5.41) is 13.9. The number of halogens is 3. The lowest BCUT2D eigenvalue weighted by Gasteiger charge is -2.12. The lowest BCUT2D eigenvalue weighted by atomic mass is 10.0. The normalized spacial score (nSPS) is 15.1. The number of carbonyl (C=O) groups excluding carboxylic acids is 1. The van der Waals surface area contributed by atoms with Gasteiger partial charge in [0.15, 0.2) is 5.84 Å². The highest BCUT2D eigenvalue weighted by Crippen LogP contribution is 2.30. The van der Waals surface area contributed by atoms with Gasteiger partial charge in [0.1, 0.15) is 5.82 Å². The lowest BCUT2D eigenvalue weighted by Crippen LogP contribution is -2.36. The molecule has 0 bridgehead atoms. The zero-order valence-corrected chi connectivity index (χ0v) is 17.7. The third-order valence-corrected chi connectivity index (χ3v) is 4.87. The average Bonchev–Trinajstić information content (AvgIpc) is 2.89. The van der Waals surface area contributed by atoms with Crippen LogP contribution in [0.4, 0.5) is 20.6 Å². The van der Waals surface area contributed by atoms with E-state index in [1.165, 1.54) is 18.2 Å². The van der Waals surface area contributed by atoms with Crippen molar-refractivity contribution in [2.24, 2.45) is 9.98 Å². The van der Waals surface area contributed by atoms with Crippen LogP contribution in [0.2, 0.25) is 10.0 Å². The minimum Gasteiger partial charge on any atom is -0.365 e. The van der Waals surface area contributed by atoms with Crippen LogP contribution in [0.3, 0.4) is 0 Å². The maximum atomic E-state index is 14.5. The first kappa shape index (κ1) is 21.8. The summed E-state index contributed by atoms with van der Waals surface area (Å²) < 4.78 is 14.5. The number of amides is 1. The molecule has 3 aromatic carbocycles. The minimum absolute atomic E-state index is 0.150. The van der Waals surface area contributed by atoms with E-state index >= 15 is 0 Å². The first-order valence-electron chi connectivity index (χ1n) is 9.29. The van der Waals surface area contributed by atoms with Crippen LogP contribution in [0.5, 0.6) is 0 Å². The Balaban J connectivity index is 1.61. The molecule has 3 N–H and O–H groups in total. The summed E-state index contributed by atoms with van der Waals surface area (Å²) in [6, 6.07) is 17.2. The summed E-state index contributed by atoms with van der Waals surface area (Å²) in [5.41, 5.74) is 3.77. The molecule has 1 aliphatic heterocycles. The number of hydrogen-bond acceptors (Lipinski definition) is 6. The van der Waals surface area contributed by atoms with Crippen LogP contribution in [0, 0.1) is 5.82 Å². The Bertz CT molecular complexity index is 1250. The number of carbonyl (C=O) groups is 1. The van der Waals surface area contributed by atoms with Crippen LogP contribution in [-0.2, 0) is 4.84 Å². The quantitative estimate of drug-likeness (QED) is 0.452. The first-order chi connectivity index (χ1) is 15.4. The summed E-state index contributed by atoms with van der Waals surface area (Å²) in [6.07, 6.45) is -2.45. The fraction of sp³-hybridized carbons (Fsp3) is 0.0455. The van der Waals surface area contributed by atoms with Gasteiger partial charge in [-0.05, 0) is 48.5 Å².